The topological polar surface area (TPSA) is 60.1 Å². The van der Waals surface area contributed by atoms with Gasteiger partial charge in [-0.1, -0.05) is 6.07 Å². The van der Waals surface area contributed by atoms with Gasteiger partial charge >= 0.3 is 0 Å². The molecule has 18 heavy (non-hydrogen) atoms. The summed E-state index contributed by atoms with van der Waals surface area (Å²) in [4.78, 5) is 12.1. The lowest BCUT2D eigenvalue weighted by molar-refractivity contribution is 0.101. The number of nitrogens with one attached hydrogen (secondary N) is 1. The normalized spacial score (nSPS) is 10.4. The van der Waals surface area contributed by atoms with Crippen LogP contribution in [0.5, 0.6) is 0 Å². The highest BCUT2D eigenvalue weighted by Gasteiger charge is 2.12. The minimum Gasteiger partial charge on any atom is -0.397 e. The summed E-state index contributed by atoms with van der Waals surface area (Å²) in [6, 6.07) is 7.41. The van der Waals surface area contributed by atoms with Crippen molar-refractivity contribution in [2.75, 3.05) is 11.1 Å². The molecule has 1 amide bonds. The number of hydrogen-bond donors (Lipinski definition) is 2. The summed E-state index contributed by atoms with van der Waals surface area (Å²) in [6.07, 6.45) is 1.71. The molecule has 0 atom stereocenters. The predicted octanol–water partition coefficient (Wildman–Crippen LogP) is 2.93. The Kier molecular flexibility index (Phi) is 3.43. The fourth-order valence-electron chi connectivity index (χ4n) is 1.72. The van der Waals surface area contributed by atoms with Gasteiger partial charge in [-0.05, 0) is 46.6 Å². The summed E-state index contributed by atoms with van der Waals surface area (Å²) in [7, 11) is 1.79. The Bertz CT molecular complexity index is 604. The molecule has 0 aliphatic rings. The van der Waals surface area contributed by atoms with E-state index in [1.54, 1.807) is 23.9 Å². The van der Waals surface area contributed by atoms with Crippen molar-refractivity contribution in [1.82, 2.24) is 4.57 Å². The fraction of sp³-hybridized carbons (Fsp3) is 0.154. The van der Waals surface area contributed by atoms with Crippen LogP contribution in [-0.2, 0) is 7.05 Å². The summed E-state index contributed by atoms with van der Waals surface area (Å²) in [5.74, 6) is -0.182. The molecule has 4 nitrogen and oxygen atoms in total. The molecule has 2 aromatic rings. The van der Waals surface area contributed by atoms with Gasteiger partial charge in [-0.3, -0.25) is 4.79 Å². The van der Waals surface area contributed by atoms with E-state index in [1.165, 1.54) is 0 Å². The maximum Gasteiger partial charge on any atom is 0.272 e. The number of aryl methyl sites for hydroxylation is 2. The van der Waals surface area contributed by atoms with E-state index in [4.69, 9.17) is 5.73 Å². The smallest absolute Gasteiger partial charge is 0.272 e. The van der Waals surface area contributed by atoms with Crippen LogP contribution in [0.2, 0.25) is 0 Å². The number of hydrogen-bond acceptors (Lipinski definition) is 2. The lowest BCUT2D eigenvalue weighted by Crippen LogP contribution is -2.15. The number of benzene rings is 1. The number of carbonyl (C=O) groups is 1. The van der Waals surface area contributed by atoms with Gasteiger partial charge in [0.1, 0.15) is 5.69 Å². The van der Waals surface area contributed by atoms with Crippen LogP contribution in [0.15, 0.2) is 34.9 Å². The zero-order chi connectivity index (χ0) is 13.3. The van der Waals surface area contributed by atoms with Gasteiger partial charge in [0, 0.05) is 17.7 Å². The van der Waals surface area contributed by atoms with Crippen LogP contribution in [0.4, 0.5) is 11.4 Å². The summed E-state index contributed by atoms with van der Waals surface area (Å²) in [6.45, 7) is 1.99. The molecule has 0 fully saturated rings. The highest BCUT2D eigenvalue weighted by Crippen LogP contribution is 2.24. The number of halogens is 1. The second-order valence-corrected chi connectivity index (χ2v) is 5.06. The molecule has 0 bridgehead atoms. The van der Waals surface area contributed by atoms with Gasteiger partial charge in [0.2, 0.25) is 0 Å². The van der Waals surface area contributed by atoms with Gasteiger partial charge in [0.15, 0.2) is 0 Å². The van der Waals surface area contributed by atoms with E-state index in [2.05, 4.69) is 21.2 Å². The average Bonchev–Trinajstić information content (AvgIpc) is 2.62. The number of nitrogens with two attached hydrogens (primary N) is 1. The first-order valence-corrected chi connectivity index (χ1v) is 6.26. The number of nitrogen functional groups attached to an aromatic ring is 1. The van der Waals surface area contributed by atoms with Crippen molar-refractivity contribution in [2.45, 2.75) is 6.92 Å². The van der Waals surface area contributed by atoms with Gasteiger partial charge < -0.3 is 15.6 Å². The Morgan fingerprint density at radius 1 is 1.39 bits per heavy atom. The number of rotatable bonds is 2. The van der Waals surface area contributed by atoms with Crippen LogP contribution < -0.4 is 11.1 Å². The molecule has 0 saturated heterocycles. The molecular formula is C13H14BrN3O. The van der Waals surface area contributed by atoms with Crippen molar-refractivity contribution in [3.8, 4) is 0 Å². The Labute approximate surface area is 114 Å². The van der Waals surface area contributed by atoms with Crippen molar-refractivity contribution < 1.29 is 4.79 Å². The van der Waals surface area contributed by atoms with E-state index in [1.807, 2.05) is 25.1 Å². The molecule has 0 radical (unpaired) electrons. The van der Waals surface area contributed by atoms with Crippen molar-refractivity contribution in [3.63, 3.8) is 0 Å². The molecule has 1 aromatic carbocycles. The summed E-state index contributed by atoms with van der Waals surface area (Å²) in [5, 5.41) is 2.85. The van der Waals surface area contributed by atoms with Crippen LogP contribution in [-0.4, -0.2) is 10.5 Å². The fourth-order valence-corrected chi connectivity index (χ4v) is 2.32. The quantitative estimate of drug-likeness (QED) is 0.896. The van der Waals surface area contributed by atoms with E-state index in [-0.39, 0.29) is 5.91 Å². The maximum absolute atomic E-state index is 12.1. The van der Waals surface area contributed by atoms with Crippen molar-refractivity contribution in [3.05, 3.63) is 46.2 Å². The van der Waals surface area contributed by atoms with Crippen molar-refractivity contribution >= 4 is 33.2 Å². The highest BCUT2D eigenvalue weighted by atomic mass is 79.9. The van der Waals surface area contributed by atoms with Crippen LogP contribution in [0.3, 0.4) is 0 Å². The lowest BCUT2D eigenvalue weighted by atomic mass is 10.2. The molecule has 5 heteroatoms. The SMILES string of the molecule is Cc1ccc(NC(=O)c2cc(N)cn2C)c(Br)c1. The Morgan fingerprint density at radius 2 is 2.11 bits per heavy atom. The third-order valence-corrected chi connectivity index (χ3v) is 3.29. The van der Waals surface area contributed by atoms with Crippen molar-refractivity contribution in [1.29, 1.82) is 0 Å². The van der Waals surface area contributed by atoms with Gasteiger partial charge in [-0.25, -0.2) is 0 Å². The monoisotopic (exact) mass is 307 g/mol. The van der Waals surface area contributed by atoms with Crippen LogP contribution in [0.1, 0.15) is 16.1 Å². The van der Waals surface area contributed by atoms with Gasteiger partial charge in [0.25, 0.3) is 5.91 Å². The maximum atomic E-state index is 12.1. The van der Waals surface area contributed by atoms with E-state index in [9.17, 15) is 4.79 Å². The van der Waals surface area contributed by atoms with Crippen molar-refractivity contribution in [2.24, 2.45) is 7.05 Å². The second kappa shape index (κ2) is 4.86. The Balaban J connectivity index is 2.24. The Hall–Kier alpha value is -1.75. The Morgan fingerprint density at radius 3 is 2.67 bits per heavy atom. The third-order valence-electron chi connectivity index (χ3n) is 2.63. The first kappa shape index (κ1) is 12.7. The number of carbonyl (C=O) groups excluding carboxylic acids is 1. The molecule has 0 aliphatic heterocycles. The molecule has 94 valence electrons. The molecule has 1 heterocycles. The van der Waals surface area contributed by atoms with E-state index < -0.39 is 0 Å². The molecule has 0 saturated carbocycles. The minimum atomic E-state index is -0.182. The van der Waals surface area contributed by atoms with Gasteiger partial charge in [0.05, 0.1) is 11.4 Å². The number of nitrogens with zero attached hydrogens (tertiary/aromatic N) is 1. The van der Waals surface area contributed by atoms with E-state index in [0.29, 0.717) is 11.4 Å². The third kappa shape index (κ3) is 2.56. The number of amides is 1. The summed E-state index contributed by atoms with van der Waals surface area (Å²) >= 11 is 3.43. The number of anilines is 2. The molecular weight excluding hydrogens is 294 g/mol. The summed E-state index contributed by atoms with van der Waals surface area (Å²) < 4.78 is 2.56. The van der Waals surface area contributed by atoms with E-state index in [0.717, 1.165) is 15.7 Å². The summed E-state index contributed by atoms with van der Waals surface area (Å²) in [5.41, 5.74) is 8.62. The van der Waals surface area contributed by atoms with Crippen LogP contribution >= 0.6 is 15.9 Å². The van der Waals surface area contributed by atoms with Crippen LogP contribution in [0.25, 0.3) is 0 Å². The predicted molar refractivity (Wildman–Crippen MR) is 76.7 cm³/mol. The molecule has 2 rings (SSSR count). The number of aromatic nitrogens is 1. The zero-order valence-corrected chi connectivity index (χ0v) is 11.8. The lowest BCUT2D eigenvalue weighted by Gasteiger charge is -2.08. The molecule has 3 N–H and O–H groups in total. The van der Waals surface area contributed by atoms with Gasteiger partial charge in [-0.2, -0.15) is 0 Å². The van der Waals surface area contributed by atoms with Gasteiger partial charge in [-0.15, -0.1) is 0 Å². The molecule has 0 spiro atoms. The largest absolute Gasteiger partial charge is 0.397 e. The minimum absolute atomic E-state index is 0.182. The van der Waals surface area contributed by atoms with E-state index >= 15 is 0 Å². The average molecular weight is 308 g/mol. The van der Waals surface area contributed by atoms with Crippen LogP contribution in [0, 0.1) is 6.92 Å². The molecule has 1 aromatic heterocycles. The standard InChI is InChI=1S/C13H14BrN3O/c1-8-3-4-11(10(14)5-8)16-13(18)12-6-9(15)7-17(12)2/h3-7H,15H2,1-2H3,(H,16,18). The first-order valence-electron chi connectivity index (χ1n) is 5.46. The first-order chi connectivity index (χ1) is 8.47. The molecule has 0 unspecified atom stereocenters. The second-order valence-electron chi connectivity index (χ2n) is 4.21. The highest BCUT2D eigenvalue weighted by molar-refractivity contribution is 9.10. The zero-order valence-electron chi connectivity index (χ0n) is 10.2. The molecule has 0 aliphatic carbocycles.